The standard InChI is InChI=1S/C22H21FN4O3/c1-30-19-15-20(28)27(18-5-3-2-4-6-18)24-21(19)22(29)26-13-11-25(12-14-26)17-9-7-16(23)8-10-17/h2-10,15H,11-14H2,1H3. The minimum atomic E-state index is -0.379. The third kappa shape index (κ3) is 3.89. The van der Waals surface area contributed by atoms with Gasteiger partial charge in [-0.15, -0.1) is 0 Å². The van der Waals surface area contributed by atoms with Gasteiger partial charge >= 0.3 is 0 Å². The Labute approximate surface area is 172 Å². The van der Waals surface area contributed by atoms with Crippen LogP contribution in [0.2, 0.25) is 0 Å². The van der Waals surface area contributed by atoms with Gasteiger partial charge in [-0.1, -0.05) is 18.2 Å². The molecule has 4 rings (SSSR count). The van der Waals surface area contributed by atoms with Gasteiger partial charge in [0, 0.05) is 31.9 Å². The summed E-state index contributed by atoms with van der Waals surface area (Å²) in [5, 5.41) is 4.31. The van der Waals surface area contributed by atoms with Crippen molar-refractivity contribution in [2.24, 2.45) is 0 Å². The van der Waals surface area contributed by atoms with Gasteiger partial charge in [-0.3, -0.25) is 9.59 Å². The summed E-state index contributed by atoms with van der Waals surface area (Å²) in [6.07, 6.45) is 0. The van der Waals surface area contributed by atoms with Crippen molar-refractivity contribution in [1.82, 2.24) is 14.7 Å². The maximum atomic E-state index is 13.2. The molecular formula is C22H21FN4O3. The van der Waals surface area contributed by atoms with Crippen molar-refractivity contribution in [3.05, 3.63) is 82.5 Å². The van der Waals surface area contributed by atoms with E-state index in [2.05, 4.69) is 10.00 Å². The van der Waals surface area contributed by atoms with E-state index in [9.17, 15) is 14.0 Å². The third-order valence-corrected chi connectivity index (χ3v) is 5.08. The number of para-hydroxylation sites is 1. The number of benzene rings is 2. The van der Waals surface area contributed by atoms with Crippen LogP contribution in [0, 0.1) is 5.82 Å². The summed E-state index contributed by atoms with van der Waals surface area (Å²) in [6, 6.07) is 16.5. The number of aromatic nitrogens is 2. The number of carbonyl (C=O) groups excluding carboxylic acids is 1. The van der Waals surface area contributed by atoms with E-state index in [4.69, 9.17) is 4.74 Å². The van der Waals surface area contributed by atoms with Crippen molar-refractivity contribution < 1.29 is 13.9 Å². The van der Waals surface area contributed by atoms with E-state index < -0.39 is 0 Å². The van der Waals surface area contributed by atoms with Crippen LogP contribution in [-0.4, -0.2) is 53.9 Å². The smallest absolute Gasteiger partial charge is 0.278 e. The second-order valence-corrected chi connectivity index (χ2v) is 6.90. The number of hydrogen-bond acceptors (Lipinski definition) is 5. The van der Waals surface area contributed by atoms with Crippen LogP contribution >= 0.6 is 0 Å². The van der Waals surface area contributed by atoms with E-state index in [-0.39, 0.29) is 28.7 Å². The molecule has 3 aromatic rings. The molecule has 154 valence electrons. The van der Waals surface area contributed by atoms with Crippen LogP contribution in [0.3, 0.4) is 0 Å². The van der Waals surface area contributed by atoms with Crippen LogP contribution in [0.15, 0.2) is 65.5 Å². The minimum absolute atomic E-state index is 0.0937. The topological polar surface area (TPSA) is 67.7 Å². The molecule has 0 unspecified atom stereocenters. The van der Waals surface area contributed by atoms with Crippen LogP contribution in [0.4, 0.5) is 10.1 Å². The number of rotatable bonds is 4. The van der Waals surface area contributed by atoms with E-state index in [0.29, 0.717) is 31.9 Å². The highest BCUT2D eigenvalue weighted by atomic mass is 19.1. The van der Waals surface area contributed by atoms with Crippen molar-refractivity contribution in [3.63, 3.8) is 0 Å². The summed E-state index contributed by atoms with van der Waals surface area (Å²) in [7, 11) is 1.41. The van der Waals surface area contributed by atoms with Gasteiger partial charge in [0.05, 0.1) is 18.9 Å². The number of ether oxygens (including phenoxy) is 1. The molecule has 0 N–H and O–H groups in total. The number of halogens is 1. The molecule has 1 aliphatic heterocycles. The van der Waals surface area contributed by atoms with E-state index in [1.807, 2.05) is 6.07 Å². The highest BCUT2D eigenvalue weighted by Crippen LogP contribution is 2.20. The Kier molecular flexibility index (Phi) is 5.47. The van der Waals surface area contributed by atoms with Gasteiger partial charge in [0.2, 0.25) is 0 Å². The molecule has 0 aliphatic carbocycles. The molecular weight excluding hydrogens is 387 g/mol. The summed E-state index contributed by atoms with van der Waals surface area (Å²) in [6.45, 7) is 2.17. The summed E-state index contributed by atoms with van der Waals surface area (Å²) in [4.78, 5) is 29.4. The molecule has 1 aromatic heterocycles. The molecule has 1 fully saturated rings. The molecule has 30 heavy (non-hydrogen) atoms. The first-order valence-electron chi connectivity index (χ1n) is 9.60. The molecule has 0 radical (unpaired) electrons. The molecule has 1 amide bonds. The molecule has 2 aromatic carbocycles. The number of anilines is 1. The number of carbonyl (C=O) groups is 1. The molecule has 0 spiro atoms. The lowest BCUT2D eigenvalue weighted by Gasteiger charge is -2.36. The number of piperazine rings is 1. The highest BCUT2D eigenvalue weighted by molar-refractivity contribution is 5.95. The Balaban J connectivity index is 1.56. The summed E-state index contributed by atoms with van der Waals surface area (Å²) in [5.41, 5.74) is 1.20. The lowest BCUT2D eigenvalue weighted by atomic mass is 10.2. The molecule has 7 nitrogen and oxygen atoms in total. The molecule has 0 bridgehead atoms. The molecule has 2 heterocycles. The average Bonchev–Trinajstić information content (AvgIpc) is 2.79. The Morgan fingerprint density at radius 3 is 2.27 bits per heavy atom. The predicted octanol–water partition coefficient (Wildman–Crippen LogP) is 2.34. The van der Waals surface area contributed by atoms with Gasteiger partial charge in [-0.2, -0.15) is 9.78 Å². The normalized spacial score (nSPS) is 13.9. The van der Waals surface area contributed by atoms with Gasteiger partial charge in [-0.05, 0) is 36.4 Å². The monoisotopic (exact) mass is 408 g/mol. The van der Waals surface area contributed by atoms with Crippen molar-refractivity contribution in [1.29, 1.82) is 0 Å². The lowest BCUT2D eigenvalue weighted by molar-refractivity contribution is 0.0734. The zero-order valence-electron chi connectivity index (χ0n) is 16.5. The molecule has 0 atom stereocenters. The quantitative estimate of drug-likeness (QED) is 0.663. The second-order valence-electron chi connectivity index (χ2n) is 6.90. The lowest BCUT2D eigenvalue weighted by Crippen LogP contribution is -2.49. The summed E-state index contributed by atoms with van der Waals surface area (Å²) >= 11 is 0. The van der Waals surface area contributed by atoms with Gasteiger partial charge in [-0.25, -0.2) is 4.39 Å². The maximum absolute atomic E-state index is 13.2. The SMILES string of the molecule is COc1cc(=O)n(-c2ccccc2)nc1C(=O)N1CCN(c2ccc(F)cc2)CC1. The number of amides is 1. The summed E-state index contributed by atoms with van der Waals surface area (Å²) in [5.74, 6) is -0.423. The van der Waals surface area contributed by atoms with Crippen molar-refractivity contribution in [3.8, 4) is 11.4 Å². The van der Waals surface area contributed by atoms with E-state index in [1.54, 1.807) is 41.3 Å². The van der Waals surface area contributed by atoms with Crippen LogP contribution in [-0.2, 0) is 0 Å². The Morgan fingerprint density at radius 1 is 0.967 bits per heavy atom. The molecule has 0 saturated carbocycles. The van der Waals surface area contributed by atoms with E-state index in [1.165, 1.54) is 30.0 Å². The fourth-order valence-corrected chi connectivity index (χ4v) is 3.47. The fourth-order valence-electron chi connectivity index (χ4n) is 3.47. The zero-order valence-corrected chi connectivity index (χ0v) is 16.5. The number of hydrogen-bond donors (Lipinski definition) is 0. The van der Waals surface area contributed by atoms with Crippen LogP contribution in [0.25, 0.3) is 5.69 Å². The van der Waals surface area contributed by atoms with Gasteiger partial charge < -0.3 is 14.5 Å². The van der Waals surface area contributed by atoms with Gasteiger partial charge in [0.25, 0.3) is 11.5 Å². The van der Waals surface area contributed by atoms with E-state index in [0.717, 1.165) is 5.69 Å². The average molecular weight is 408 g/mol. The first-order chi connectivity index (χ1) is 14.6. The van der Waals surface area contributed by atoms with Crippen LogP contribution < -0.4 is 15.2 Å². The first kappa shape index (κ1) is 19.6. The van der Waals surface area contributed by atoms with Crippen LogP contribution in [0.1, 0.15) is 10.5 Å². The fraction of sp³-hybridized carbons (Fsp3) is 0.227. The number of methoxy groups -OCH3 is 1. The Morgan fingerprint density at radius 2 is 1.63 bits per heavy atom. The van der Waals surface area contributed by atoms with Crippen molar-refractivity contribution >= 4 is 11.6 Å². The minimum Gasteiger partial charge on any atom is -0.494 e. The second kappa shape index (κ2) is 8.36. The third-order valence-electron chi connectivity index (χ3n) is 5.08. The zero-order chi connectivity index (χ0) is 21.1. The largest absolute Gasteiger partial charge is 0.494 e. The van der Waals surface area contributed by atoms with Gasteiger partial charge in [0.1, 0.15) is 5.82 Å². The van der Waals surface area contributed by atoms with Gasteiger partial charge in [0.15, 0.2) is 11.4 Å². The Hall–Kier alpha value is -3.68. The summed E-state index contributed by atoms with van der Waals surface area (Å²) < 4.78 is 19.6. The molecule has 1 saturated heterocycles. The Bertz CT molecular complexity index is 1090. The predicted molar refractivity (Wildman–Crippen MR) is 111 cm³/mol. The van der Waals surface area contributed by atoms with Crippen molar-refractivity contribution in [2.45, 2.75) is 0 Å². The van der Waals surface area contributed by atoms with Crippen LogP contribution in [0.5, 0.6) is 5.75 Å². The maximum Gasteiger partial charge on any atom is 0.278 e. The van der Waals surface area contributed by atoms with Crippen molar-refractivity contribution in [2.75, 3.05) is 38.2 Å². The highest BCUT2D eigenvalue weighted by Gasteiger charge is 2.27. The number of nitrogens with zero attached hydrogens (tertiary/aromatic N) is 4. The molecule has 1 aliphatic rings. The molecule has 8 heteroatoms. The van der Waals surface area contributed by atoms with E-state index >= 15 is 0 Å². The first-order valence-corrected chi connectivity index (χ1v) is 9.60.